The summed E-state index contributed by atoms with van der Waals surface area (Å²) < 4.78 is 15.9. The number of carbonyl (C=O) groups is 1. The first kappa shape index (κ1) is 14.8. The van der Waals surface area contributed by atoms with Gasteiger partial charge in [-0.3, -0.25) is 19.3 Å². The number of aliphatic imine (C=N–C) groups is 3. The number of hydrogen-bond acceptors (Lipinski definition) is 7. The Bertz CT molecular complexity index is 539. The van der Waals surface area contributed by atoms with Gasteiger partial charge in [0.15, 0.2) is 11.9 Å². The fraction of sp³-hybridized carbons (Fsp3) is 0.556. The van der Waals surface area contributed by atoms with Gasteiger partial charge in [0.05, 0.1) is 12.5 Å². The van der Waals surface area contributed by atoms with E-state index in [0.29, 0.717) is 5.84 Å². The van der Waals surface area contributed by atoms with Gasteiger partial charge in [-0.25, -0.2) is 0 Å². The fourth-order valence-electron chi connectivity index (χ4n) is 1.68. The van der Waals surface area contributed by atoms with Crippen LogP contribution in [0.25, 0.3) is 0 Å². The van der Waals surface area contributed by atoms with Gasteiger partial charge in [-0.05, 0) is 6.42 Å². The summed E-state index contributed by atoms with van der Waals surface area (Å²) in [5, 5.41) is 0. The molecule has 2 heterocycles. The molecule has 0 radical (unpaired) electrons. The lowest BCUT2D eigenvalue weighted by molar-refractivity contribution is -0.117. The van der Waals surface area contributed by atoms with Crippen molar-refractivity contribution in [1.29, 1.82) is 0 Å². The largest absolute Gasteiger partial charge is 0.368 e. The average Bonchev–Trinajstić information content (AvgIpc) is 2.70. The van der Waals surface area contributed by atoms with Crippen LogP contribution in [0.5, 0.6) is 0 Å². The molecule has 0 fully saturated rings. The van der Waals surface area contributed by atoms with Crippen LogP contribution in [-0.2, 0) is 14.1 Å². The third kappa shape index (κ3) is 3.70. The molecule has 10 nitrogen and oxygen atoms in total. The highest BCUT2D eigenvalue weighted by Crippen LogP contribution is 2.34. The second-order valence-corrected chi connectivity index (χ2v) is 5.97. The smallest absolute Gasteiger partial charge is 0.325 e. The van der Waals surface area contributed by atoms with Crippen molar-refractivity contribution in [3.05, 3.63) is 0 Å². The van der Waals surface area contributed by atoms with Gasteiger partial charge in [0.1, 0.15) is 6.73 Å². The zero-order valence-electron chi connectivity index (χ0n) is 10.4. The summed E-state index contributed by atoms with van der Waals surface area (Å²) in [6.45, 7) is 0.242. The molecule has 0 aromatic heterocycles. The molecule has 0 aromatic rings. The lowest BCUT2D eigenvalue weighted by atomic mass is 10.2. The Kier molecular flexibility index (Phi) is 4.29. The molecule has 1 atom stereocenters. The highest BCUT2D eigenvalue weighted by atomic mass is 31.2. The predicted molar refractivity (Wildman–Crippen MR) is 70.5 cm³/mol. The Balaban J connectivity index is 1.80. The maximum Gasteiger partial charge on any atom is 0.325 e. The number of nitrogens with zero attached hydrogens (tertiary/aromatic N) is 4. The van der Waals surface area contributed by atoms with Crippen molar-refractivity contribution in [3.63, 3.8) is 0 Å². The van der Waals surface area contributed by atoms with E-state index >= 15 is 0 Å². The third-order valence-corrected chi connectivity index (χ3v) is 3.45. The molecule has 0 saturated heterocycles. The number of amides is 1. The standard InChI is InChI=1S/C9H14N5O5P/c10-9-12-7-6(8(15)13-9)11-4-14(7)5-19-2-1-3-20(16,17)18/h4,6H,1-3,5H2,(H2,10,13,15)(H2,16,17,18). The van der Waals surface area contributed by atoms with Crippen LogP contribution in [0.3, 0.4) is 0 Å². The number of ether oxygens (including phenoxy) is 1. The van der Waals surface area contributed by atoms with Gasteiger partial charge in [0, 0.05) is 6.61 Å². The van der Waals surface area contributed by atoms with E-state index in [1.54, 1.807) is 0 Å². The van der Waals surface area contributed by atoms with Crippen LogP contribution in [0.1, 0.15) is 6.42 Å². The number of hydrogen-bond donors (Lipinski definition) is 3. The van der Waals surface area contributed by atoms with Gasteiger partial charge in [0.25, 0.3) is 5.91 Å². The van der Waals surface area contributed by atoms with Crippen LogP contribution in [-0.4, -0.2) is 64.3 Å². The van der Waals surface area contributed by atoms with Gasteiger partial charge in [-0.15, -0.1) is 0 Å². The fourth-order valence-corrected chi connectivity index (χ4v) is 2.22. The third-order valence-electron chi connectivity index (χ3n) is 2.55. The van der Waals surface area contributed by atoms with E-state index in [-0.39, 0.29) is 31.9 Å². The minimum atomic E-state index is -3.99. The molecule has 1 unspecified atom stereocenters. The Morgan fingerprint density at radius 2 is 2.20 bits per heavy atom. The molecule has 110 valence electrons. The monoisotopic (exact) mass is 303 g/mol. The lowest BCUT2D eigenvalue weighted by Crippen LogP contribution is -2.40. The summed E-state index contributed by atoms with van der Waals surface area (Å²) in [7, 11) is -3.99. The van der Waals surface area contributed by atoms with Crippen molar-refractivity contribution in [2.45, 2.75) is 12.5 Å². The maximum atomic E-state index is 11.5. The summed E-state index contributed by atoms with van der Waals surface area (Å²) in [5.74, 6) is -0.261. The molecule has 2 aliphatic rings. The van der Waals surface area contributed by atoms with E-state index in [2.05, 4.69) is 15.0 Å². The zero-order valence-corrected chi connectivity index (χ0v) is 11.3. The molecule has 2 rings (SSSR count). The lowest BCUT2D eigenvalue weighted by Gasteiger charge is -2.19. The maximum absolute atomic E-state index is 11.5. The van der Waals surface area contributed by atoms with Gasteiger partial charge < -0.3 is 20.3 Å². The van der Waals surface area contributed by atoms with Crippen molar-refractivity contribution in [2.75, 3.05) is 19.5 Å². The van der Waals surface area contributed by atoms with Crippen LogP contribution in [0.2, 0.25) is 0 Å². The molecule has 11 heteroatoms. The van der Waals surface area contributed by atoms with Crippen LogP contribution in [0, 0.1) is 0 Å². The normalized spacial score (nSPS) is 21.8. The summed E-state index contributed by atoms with van der Waals surface area (Å²) >= 11 is 0. The molecule has 0 spiro atoms. The van der Waals surface area contributed by atoms with Crippen molar-refractivity contribution < 1.29 is 23.9 Å². The minimum Gasteiger partial charge on any atom is -0.368 e. The molecule has 20 heavy (non-hydrogen) atoms. The highest BCUT2D eigenvalue weighted by molar-refractivity contribution is 7.51. The molecule has 4 N–H and O–H groups in total. The van der Waals surface area contributed by atoms with Gasteiger partial charge in [-0.1, -0.05) is 0 Å². The second kappa shape index (κ2) is 5.80. The van der Waals surface area contributed by atoms with Crippen LogP contribution >= 0.6 is 7.60 Å². The van der Waals surface area contributed by atoms with Crippen LogP contribution in [0.15, 0.2) is 15.0 Å². The van der Waals surface area contributed by atoms with Gasteiger partial charge >= 0.3 is 7.60 Å². The average molecular weight is 303 g/mol. The molecule has 1 amide bonds. The molecule has 2 aliphatic heterocycles. The number of guanidine groups is 1. The van der Waals surface area contributed by atoms with E-state index in [0.717, 1.165) is 0 Å². The topological polar surface area (TPSA) is 150 Å². The van der Waals surface area contributed by atoms with E-state index < -0.39 is 19.5 Å². The first-order chi connectivity index (χ1) is 9.37. The number of nitrogens with two attached hydrogens (primary N) is 1. The Morgan fingerprint density at radius 1 is 1.45 bits per heavy atom. The Labute approximate surface area is 114 Å². The van der Waals surface area contributed by atoms with Crippen molar-refractivity contribution >= 4 is 31.6 Å². The van der Waals surface area contributed by atoms with Gasteiger partial charge in [-0.2, -0.15) is 9.98 Å². The van der Waals surface area contributed by atoms with Crippen LogP contribution < -0.4 is 5.73 Å². The van der Waals surface area contributed by atoms with E-state index in [4.69, 9.17) is 20.3 Å². The van der Waals surface area contributed by atoms with Gasteiger partial charge in [0.2, 0.25) is 5.96 Å². The van der Waals surface area contributed by atoms with Crippen molar-refractivity contribution in [3.8, 4) is 0 Å². The van der Waals surface area contributed by atoms with E-state index in [9.17, 15) is 9.36 Å². The molecule has 0 aliphatic carbocycles. The molecular formula is C9H14N5O5P. The summed E-state index contributed by atoms with van der Waals surface area (Å²) in [4.78, 5) is 41.7. The number of rotatable bonds is 6. The Hall–Kier alpha value is -1.61. The number of amidine groups is 1. The number of fused-ring (bicyclic) bond motifs is 1. The Morgan fingerprint density at radius 3 is 2.90 bits per heavy atom. The SMILES string of the molecule is NC1=NC(=O)C2N=CN(COCCCP(=O)(O)O)C2=N1. The van der Waals surface area contributed by atoms with Crippen molar-refractivity contribution in [1.82, 2.24) is 4.90 Å². The highest BCUT2D eigenvalue weighted by Gasteiger charge is 2.35. The van der Waals surface area contributed by atoms with Crippen LogP contribution in [0.4, 0.5) is 0 Å². The second-order valence-electron chi connectivity index (χ2n) is 4.19. The molecular weight excluding hydrogens is 289 g/mol. The summed E-state index contributed by atoms with van der Waals surface area (Å²) in [6.07, 6.45) is 1.40. The minimum absolute atomic E-state index is 0.0700. The first-order valence-electron chi connectivity index (χ1n) is 5.76. The summed E-state index contributed by atoms with van der Waals surface area (Å²) in [6, 6.07) is -0.777. The first-order valence-corrected chi connectivity index (χ1v) is 7.55. The quantitative estimate of drug-likeness (QED) is 0.399. The number of carbonyl (C=O) groups excluding carboxylic acids is 1. The molecule has 0 aromatic carbocycles. The molecule has 0 bridgehead atoms. The van der Waals surface area contributed by atoms with E-state index in [1.165, 1.54) is 11.2 Å². The van der Waals surface area contributed by atoms with Crippen molar-refractivity contribution in [2.24, 2.45) is 20.7 Å². The zero-order chi connectivity index (χ0) is 14.8. The van der Waals surface area contributed by atoms with E-state index in [1.807, 2.05) is 0 Å². The summed E-state index contributed by atoms with van der Waals surface area (Å²) in [5.41, 5.74) is 5.40. The molecule has 0 saturated carbocycles. The predicted octanol–water partition coefficient (Wildman–Crippen LogP) is -1.51.